The summed E-state index contributed by atoms with van der Waals surface area (Å²) in [4.78, 5) is 23.4. The molecule has 0 aliphatic rings. The molecule has 26 heavy (non-hydrogen) atoms. The number of benzene rings is 1. The van der Waals surface area contributed by atoms with Crippen molar-refractivity contribution in [1.82, 2.24) is 10.7 Å². The number of hydrazone groups is 1. The SMILES string of the molecule is COc1ccc(COC(=O)N/N=C(\C)CC(=O)NCc2ccco2)cc1. The fourth-order valence-electron chi connectivity index (χ4n) is 1.98. The highest BCUT2D eigenvalue weighted by Crippen LogP contribution is 2.11. The molecule has 1 aromatic heterocycles. The summed E-state index contributed by atoms with van der Waals surface area (Å²) in [6.07, 6.45) is 0.894. The quantitative estimate of drug-likeness (QED) is 0.557. The van der Waals surface area contributed by atoms with Gasteiger partial charge in [0, 0.05) is 5.71 Å². The molecular formula is C18H21N3O5. The molecule has 1 heterocycles. The minimum Gasteiger partial charge on any atom is -0.497 e. The summed E-state index contributed by atoms with van der Waals surface area (Å²) in [5.41, 5.74) is 3.52. The Hall–Kier alpha value is -3.29. The van der Waals surface area contributed by atoms with Crippen molar-refractivity contribution in [2.24, 2.45) is 5.10 Å². The first kappa shape index (κ1) is 19.0. The molecule has 0 fully saturated rings. The van der Waals surface area contributed by atoms with E-state index in [1.54, 1.807) is 50.4 Å². The van der Waals surface area contributed by atoms with E-state index in [0.29, 0.717) is 18.0 Å². The van der Waals surface area contributed by atoms with Crippen LogP contribution in [-0.4, -0.2) is 24.8 Å². The minimum absolute atomic E-state index is 0.0550. The van der Waals surface area contributed by atoms with Gasteiger partial charge in [-0.15, -0.1) is 0 Å². The van der Waals surface area contributed by atoms with Gasteiger partial charge in [0.2, 0.25) is 5.91 Å². The van der Waals surface area contributed by atoms with Crippen molar-refractivity contribution in [3.63, 3.8) is 0 Å². The number of nitrogens with one attached hydrogen (secondary N) is 2. The Kier molecular flexibility index (Phi) is 7.23. The molecule has 0 bridgehead atoms. The average Bonchev–Trinajstić information content (AvgIpc) is 3.17. The maximum Gasteiger partial charge on any atom is 0.428 e. The zero-order chi connectivity index (χ0) is 18.8. The number of amides is 2. The van der Waals surface area contributed by atoms with Crippen LogP contribution in [0.3, 0.4) is 0 Å². The number of methoxy groups -OCH3 is 1. The minimum atomic E-state index is -0.698. The summed E-state index contributed by atoms with van der Waals surface area (Å²) in [5, 5.41) is 6.53. The fourth-order valence-corrected chi connectivity index (χ4v) is 1.98. The van der Waals surface area contributed by atoms with Gasteiger partial charge in [-0.05, 0) is 36.8 Å². The average molecular weight is 359 g/mol. The van der Waals surface area contributed by atoms with E-state index in [2.05, 4.69) is 15.8 Å². The molecular weight excluding hydrogens is 338 g/mol. The first-order valence-electron chi connectivity index (χ1n) is 7.94. The largest absolute Gasteiger partial charge is 0.497 e. The topological polar surface area (TPSA) is 102 Å². The third kappa shape index (κ3) is 6.68. The Morgan fingerprint density at radius 2 is 1.96 bits per heavy atom. The van der Waals surface area contributed by atoms with E-state index >= 15 is 0 Å². The number of nitrogens with zero attached hydrogens (tertiary/aromatic N) is 1. The fraction of sp³-hybridized carbons (Fsp3) is 0.278. The van der Waals surface area contributed by atoms with Crippen molar-refractivity contribution in [2.45, 2.75) is 26.5 Å². The lowest BCUT2D eigenvalue weighted by Gasteiger charge is -2.06. The number of rotatable bonds is 8. The molecule has 8 heteroatoms. The maximum absolute atomic E-state index is 11.8. The molecule has 0 radical (unpaired) electrons. The van der Waals surface area contributed by atoms with E-state index in [1.165, 1.54) is 6.26 Å². The lowest BCUT2D eigenvalue weighted by molar-refractivity contribution is -0.120. The first-order valence-corrected chi connectivity index (χ1v) is 7.94. The van der Waals surface area contributed by atoms with Crippen LogP contribution in [0.5, 0.6) is 5.75 Å². The van der Waals surface area contributed by atoms with Crippen LogP contribution in [0.1, 0.15) is 24.7 Å². The maximum atomic E-state index is 11.8. The van der Waals surface area contributed by atoms with Crippen molar-refractivity contribution in [3.05, 3.63) is 54.0 Å². The first-order chi connectivity index (χ1) is 12.6. The third-order valence-electron chi connectivity index (χ3n) is 3.32. The van der Waals surface area contributed by atoms with Crippen molar-refractivity contribution >= 4 is 17.7 Å². The molecule has 2 aromatic rings. The van der Waals surface area contributed by atoms with Gasteiger partial charge < -0.3 is 19.2 Å². The highest BCUT2D eigenvalue weighted by molar-refractivity contribution is 5.99. The lowest BCUT2D eigenvalue weighted by atomic mass is 10.2. The molecule has 0 unspecified atom stereocenters. The van der Waals surface area contributed by atoms with E-state index in [4.69, 9.17) is 13.9 Å². The van der Waals surface area contributed by atoms with Gasteiger partial charge in [0.15, 0.2) is 0 Å². The van der Waals surface area contributed by atoms with Crippen LogP contribution in [0.15, 0.2) is 52.2 Å². The van der Waals surface area contributed by atoms with Gasteiger partial charge >= 0.3 is 6.09 Å². The van der Waals surface area contributed by atoms with E-state index in [9.17, 15) is 9.59 Å². The summed E-state index contributed by atoms with van der Waals surface area (Å²) < 4.78 is 15.2. The molecule has 0 saturated carbocycles. The van der Waals surface area contributed by atoms with Gasteiger partial charge in [0.25, 0.3) is 0 Å². The van der Waals surface area contributed by atoms with Gasteiger partial charge in [0.05, 0.1) is 26.3 Å². The van der Waals surface area contributed by atoms with Crippen LogP contribution in [-0.2, 0) is 22.7 Å². The Balaban J connectivity index is 1.67. The second-order valence-corrected chi connectivity index (χ2v) is 5.42. The molecule has 2 amide bonds. The molecule has 0 spiro atoms. The molecule has 1 aromatic carbocycles. The zero-order valence-electron chi connectivity index (χ0n) is 14.7. The summed E-state index contributed by atoms with van der Waals surface area (Å²) in [6.45, 7) is 2.04. The second-order valence-electron chi connectivity index (χ2n) is 5.42. The van der Waals surface area contributed by atoms with Crippen LogP contribution < -0.4 is 15.5 Å². The van der Waals surface area contributed by atoms with Crippen molar-refractivity contribution < 1.29 is 23.5 Å². The number of ether oxygens (including phenoxy) is 2. The lowest BCUT2D eigenvalue weighted by Crippen LogP contribution is -2.26. The molecule has 0 atom stereocenters. The highest BCUT2D eigenvalue weighted by Gasteiger charge is 2.06. The van der Waals surface area contributed by atoms with Crippen LogP contribution in [0.4, 0.5) is 4.79 Å². The molecule has 0 aliphatic heterocycles. The van der Waals surface area contributed by atoms with E-state index < -0.39 is 6.09 Å². The third-order valence-corrected chi connectivity index (χ3v) is 3.32. The van der Waals surface area contributed by atoms with Gasteiger partial charge in [0.1, 0.15) is 18.1 Å². The summed E-state index contributed by atoms with van der Waals surface area (Å²) in [6, 6.07) is 10.7. The van der Waals surface area contributed by atoms with Crippen LogP contribution in [0, 0.1) is 0 Å². The van der Waals surface area contributed by atoms with Gasteiger partial charge in [-0.3, -0.25) is 4.79 Å². The molecule has 2 N–H and O–H groups in total. The predicted molar refractivity (Wildman–Crippen MR) is 94.6 cm³/mol. The summed E-state index contributed by atoms with van der Waals surface area (Å²) in [5.74, 6) is 1.16. The Morgan fingerprint density at radius 1 is 1.19 bits per heavy atom. The molecule has 0 aliphatic carbocycles. The van der Waals surface area contributed by atoms with E-state index in [1.807, 2.05) is 0 Å². The molecule has 8 nitrogen and oxygen atoms in total. The standard InChI is InChI=1S/C18H21N3O5/c1-13(10-17(22)19-11-16-4-3-9-25-16)20-21-18(23)26-12-14-5-7-15(24-2)8-6-14/h3-9H,10-12H2,1-2H3,(H,19,22)(H,21,23)/b20-13+. The zero-order valence-corrected chi connectivity index (χ0v) is 14.7. The van der Waals surface area contributed by atoms with Gasteiger partial charge in [-0.25, -0.2) is 10.2 Å². The monoisotopic (exact) mass is 359 g/mol. The molecule has 0 saturated heterocycles. The van der Waals surface area contributed by atoms with E-state index in [-0.39, 0.29) is 18.9 Å². The van der Waals surface area contributed by atoms with Crippen LogP contribution >= 0.6 is 0 Å². The smallest absolute Gasteiger partial charge is 0.428 e. The normalized spacial score (nSPS) is 10.9. The van der Waals surface area contributed by atoms with Gasteiger partial charge in [-0.1, -0.05) is 12.1 Å². The Morgan fingerprint density at radius 3 is 2.62 bits per heavy atom. The molecule has 2 rings (SSSR count). The Labute approximate surface area is 151 Å². The summed E-state index contributed by atoms with van der Waals surface area (Å²) in [7, 11) is 1.58. The van der Waals surface area contributed by atoms with Crippen molar-refractivity contribution in [3.8, 4) is 5.75 Å². The number of carbonyl (C=O) groups is 2. The second kappa shape index (κ2) is 9.87. The predicted octanol–water partition coefficient (Wildman–Crippen LogP) is 2.60. The van der Waals surface area contributed by atoms with Crippen molar-refractivity contribution in [2.75, 3.05) is 7.11 Å². The number of carbonyl (C=O) groups excluding carboxylic acids is 2. The van der Waals surface area contributed by atoms with Crippen molar-refractivity contribution in [1.29, 1.82) is 0 Å². The Bertz CT molecular complexity index is 739. The van der Waals surface area contributed by atoms with Gasteiger partial charge in [-0.2, -0.15) is 5.10 Å². The summed E-state index contributed by atoms with van der Waals surface area (Å²) >= 11 is 0. The van der Waals surface area contributed by atoms with Crippen LogP contribution in [0.2, 0.25) is 0 Å². The number of furan rings is 1. The van der Waals surface area contributed by atoms with Crippen LogP contribution in [0.25, 0.3) is 0 Å². The number of hydrogen-bond donors (Lipinski definition) is 2. The van der Waals surface area contributed by atoms with E-state index in [0.717, 1.165) is 11.3 Å². The highest BCUT2D eigenvalue weighted by atomic mass is 16.6. The molecule has 138 valence electrons. The number of hydrogen-bond acceptors (Lipinski definition) is 6.